The van der Waals surface area contributed by atoms with E-state index < -0.39 is 12.0 Å². The van der Waals surface area contributed by atoms with Gasteiger partial charge in [-0.05, 0) is 50.9 Å². The molecular weight excluding hydrogens is 474 g/mol. The lowest BCUT2D eigenvalue weighted by molar-refractivity contribution is -0.137. The van der Waals surface area contributed by atoms with Crippen molar-refractivity contribution < 1.29 is 19.1 Å². The molecule has 1 heterocycles. The van der Waals surface area contributed by atoms with Gasteiger partial charge >= 0.3 is 5.97 Å². The minimum Gasteiger partial charge on any atom is -0.481 e. The first-order chi connectivity index (χ1) is 14.4. The number of thiol groups is 1. The topological polar surface area (TPSA) is 60.9 Å². The van der Waals surface area contributed by atoms with Crippen LogP contribution in [-0.4, -0.2) is 65.1 Å². The standard InChI is InChI=1S/C23H31FN2O3S.2ClH/c1-25(12-4-7-21(27)28)13-10-17-15-26(14-11-20(17)30)22(23(29)16-8-9-16)18-5-2-3-6-19(18)24;;/h2-3,5-6,10,16,20,22,30H,4,7-9,11-15H2,1H3,(H,27,28);2*1H/b17-10+;;. The lowest BCUT2D eigenvalue weighted by atomic mass is 9.93. The highest BCUT2D eigenvalue weighted by molar-refractivity contribution is 7.81. The van der Waals surface area contributed by atoms with Gasteiger partial charge in [0.1, 0.15) is 5.82 Å². The van der Waals surface area contributed by atoms with Crippen molar-refractivity contribution in [2.75, 3.05) is 33.2 Å². The Morgan fingerprint density at radius 2 is 1.97 bits per heavy atom. The van der Waals surface area contributed by atoms with Crippen LogP contribution in [0.4, 0.5) is 4.39 Å². The molecular formula is C23H33Cl2FN2O3S. The van der Waals surface area contributed by atoms with Crippen molar-refractivity contribution in [2.24, 2.45) is 5.92 Å². The van der Waals surface area contributed by atoms with Gasteiger partial charge in [0, 0.05) is 42.8 Å². The molecule has 0 amide bonds. The van der Waals surface area contributed by atoms with E-state index in [0.29, 0.717) is 38.2 Å². The predicted molar refractivity (Wildman–Crippen MR) is 133 cm³/mol. The Balaban J connectivity index is 0.00000256. The number of likely N-dealkylation sites (tertiary alicyclic amines) is 1. The van der Waals surface area contributed by atoms with E-state index in [1.807, 2.05) is 7.05 Å². The first-order valence-corrected chi connectivity index (χ1v) is 11.2. The van der Waals surface area contributed by atoms with Crippen LogP contribution in [0.1, 0.15) is 43.7 Å². The van der Waals surface area contributed by atoms with E-state index >= 15 is 0 Å². The molecule has 0 aromatic heterocycles. The molecule has 3 rings (SSSR count). The molecule has 1 saturated heterocycles. The molecule has 32 heavy (non-hydrogen) atoms. The molecule has 1 aromatic rings. The summed E-state index contributed by atoms with van der Waals surface area (Å²) in [5.41, 5.74) is 1.61. The maximum Gasteiger partial charge on any atom is 0.303 e. The van der Waals surface area contributed by atoms with Crippen LogP contribution in [0.5, 0.6) is 0 Å². The maximum atomic E-state index is 14.6. The Bertz CT molecular complexity index is 807. The first-order valence-electron chi connectivity index (χ1n) is 10.7. The highest BCUT2D eigenvalue weighted by Crippen LogP contribution is 2.39. The average Bonchev–Trinajstić information content (AvgIpc) is 3.54. The SMILES string of the molecule is CN(C/C=C1\CN(C(C(=O)C2CC2)c2ccccc2F)CCC1S)CCCC(=O)O.Cl.Cl. The monoisotopic (exact) mass is 506 g/mol. The predicted octanol–water partition coefficient (Wildman–Crippen LogP) is 4.42. The van der Waals surface area contributed by atoms with Crippen LogP contribution >= 0.6 is 37.4 Å². The van der Waals surface area contributed by atoms with Gasteiger partial charge in [-0.15, -0.1) is 24.8 Å². The zero-order chi connectivity index (χ0) is 21.7. The summed E-state index contributed by atoms with van der Waals surface area (Å²) in [6, 6.07) is 6.06. The Morgan fingerprint density at radius 1 is 1.28 bits per heavy atom. The molecule has 2 atom stereocenters. The quantitative estimate of drug-likeness (QED) is 0.363. The molecule has 1 N–H and O–H groups in total. The molecule has 1 aliphatic heterocycles. The number of carboxylic acids is 1. The average molecular weight is 507 g/mol. The van der Waals surface area contributed by atoms with Gasteiger partial charge in [-0.3, -0.25) is 14.5 Å². The number of likely N-dealkylation sites (N-methyl/N-ethyl adjacent to an activating group) is 1. The number of aliphatic carboxylic acids is 1. The van der Waals surface area contributed by atoms with Gasteiger partial charge in [0.2, 0.25) is 0 Å². The van der Waals surface area contributed by atoms with Gasteiger partial charge in [0.25, 0.3) is 0 Å². The van der Waals surface area contributed by atoms with Gasteiger partial charge in [-0.2, -0.15) is 12.6 Å². The van der Waals surface area contributed by atoms with Crippen molar-refractivity contribution >= 4 is 49.2 Å². The summed E-state index contributed by atoms with van der Waals surface area (Å²) in [6.07, 6.45) is 5.51. The van der Waals surface area contributed by atoms with Crippen molar-refractivity contribution in [3.63, 3.8) is 0 Å². The molecule has 0 spiro atoms. The molecule has 2 aliphatic rings. The van der Waals surface area contributed by atoms with E-state index in [4.69, 9.17) is 17.7 Å². The Morgan fingerprint density at radius 3 is 2.59 bits per heavy atom. The third-order valence-corrected chi connectivity index (χ3v) is 6.50. The lowest BCUT2D eigenvalue weighted by Crippen LogP contribution is -2.43. The van der Waals surface area contributed by atoms with Crippen LogP contribution in [0, 0.1) is 11.7 Å². The number of rotatable bonds is 10. The maximum absolute atomic E-state index is 14.6. The number of benzene rings is 1. The summed E-state index contributed by atoms with van der Waals surface area (Å²) < 4.78 is 14.6. The van der Waals surface area contributed by atoms with E-state index in [1.54, 1.807) is 18.2 Å². The molecule has 1 aliphatic carbocycles. The number of piperidine rings is 1. The van der Waals surface area contributed by atoms with Gasteiger partial charge in [0.15, 0.2) is 5.78 Å². The highest BCUT2D eigenvalue weighted by atomic mass is 35.5. The molecule has 0 radical (unpaired) electrons. The van der Waals surface area contributed by atoms with E-state index in [-0.39, 0.29) is 54.0 Å². The first kappa shape index (κ1) is 28.9. The Hall–Kier alpha value is -1.12. The summed E-state index contributed by atoms with van der Waals surface area (Å²) in [4.78, 5) is 27.9. The number of nitrogens with zero attached hydrogens (tertiary/aromatic N) is 2. The molecule has 1 saturated carbocycles. The van der Waals surface area contributed by atoms with Crippen LogP contribution in [0.15, 0.2) is 35.9 Å². The summed E-state index contributed by atoms with van der Waals surface area (Å²) in [6.45, 7) is 2.70. The van der Waals surface area contributed by atoms with Crippen LogP contribution < -0.4 is 0 Å². The van der Waals surface area contributed by atoms with E-state index in [9.17, 15) is 14.0 Å². The minimum atomic E-state index is -0.778. The smallest absolute Gasteiger partial charge is 0.303 e. The van der Waals surface area contributed by atoms with Crippen molar-refractivity contribution in [3.8, 4) is 0 Å². The fraction of sp³-hybridized carbons (Fsp3) is 0.565. The van der Waals surface area contributed by atoms with Gasteiger partial charge in [-0.25, -0.2) is 4.39 Å². The highest BCUT2D eigenvalue weighted by Gasteiger charge is 2.40. The van der Waals surface area contributed by atoms with Crippen LogP contribution in [0.3, 0.4) is 0 Å². The molecule has 2 fully saturated rings. The van der Waals surface area contributed by atoms with Crippen LogP contribution in [-0.2, 0) is 9.59 Å². The number of Topliss-reactive ketones (excluding diaryl/α,β-unsaturated/α-hetero) is 1. The minimum absolute atomic E-state index is 0. The largest absolute Gasteiger partial charge is 0.481 e. The summed E-state index contributed by atoms with van der Waals surface area (Å²) in [5, 5.41) is 8.89. The van der Waals surface area contributed by atoms with Crippen molar-refractivity contribution in [1.82, 2.24) is 9.80 Å². The van der Waals surface area contributed by atoms with Crippen LogP contribution in [0.25, 0.3) is 0 Å². The number of ketones is 1. The number of hydrogen-bond donors (Lipinski definition) is 2. The zero-order valence-corrected chi connectivity index (χ0v) is 20.8. The number of carbonyl (C=O) groups excluding carboxylic acids is 1. The normalized spacial score (nSPS) is 21.0. The zero-order valence-electron chi connectivity index (χ0n) is 18.3. The molecule has 1 aromatic carbocycles. The molecule has 2 unspecified atom stereocenters. The lowest BCUT2D eigenvalue weighted by Gasteiger charge is -2.38. The van der Waals surface area contributed by atoms with Crippen molar-refractivity contribution in [3.05, 3.63) is 47.3 Å². The fourth-order valence-electron chi connectivity index (χ4n) is 4.00. The third kappa shape index (κ3) is 8.03. The summed E-state index contributed by atoms with van der Waals surface area (Å²) in [7, 11) is 1.96. The number of carboxylic acid groups (broad SMARTS) is 1. The second-order valence-electron chi connectivity index (χ2n) is 8.41. The number of carbonyl (C=O) groups is 2. The summed E-state index contributed by atoms with van der Waals surface area (Å²) in [5.74, 6) is -0.924. The molecule has 180 valence electrons. The number of halogens is 3. The second-order valence-corrected chi connectivity index (χ2v) is 9.04. The fourth-order valence-corrected chi connectivity index (χ4v) is 4.30. The second kappa shape index (κ2) is 13.6. The third-order valence-electron chi connectivity index (χ3n) is 5.91. The van der Waals surface area contributed by atoms with Gasteiger partial charge in [-0.1, -0.05) is 24.3 Å². The summed E-state index contributed by atoms with van der Waals surface area (Å²) >= 11 is 4.73. The van der Waals surface area contributed by atoms with E-state index in [1.165, 1.54) is 6.07 Å². The van der Waals surface area contributed by atoms with E-state index in [0.717, 1.165) is 24.8 Å². The van der Waals surface area contributed by atoms with Crippen molar-refractivity contribution in [2.45, 2.75) is 43.4 Å². The molecule has 0 bridgehead atoms. The molecule has 9 heteroatoms. The van der Waals surface area contributed by atoms with E-state index in [2.05, 4.69) is 15.9 Å². The molecule has 5 nitrogen and oxygen atoms in total. The van der Waals surface area contributed by atoms with Crippen molar-refractivity contribution in [1.29, 1.82) is 0 Å². The van der Waals surface area contributed by atoms with Gasteiger partial charge < -0.3 is 10.0 Å². The Labute approximate surface area is 207 Å². The Kier molecular flexibility index (Phi) is 12.2. The van der Waals surface area contributed by atoms with Gasteiger partial charge in [0.05, 0.1) is 6.04 Å². The number of hydrogen-bond acceptors (Lipinski definition) is 5. The van der Waals surface area contributed by atoms with Crippen LogP contribution in [0.2, 0.25) is 0 Å².